The Bertz CT molecular complexity index is 663. The van der Waals surface area contributed by atoms with Gasteiger partial charge in [-0.1, -0.05) is 0 Å². The molecule has 1 amide bonds. The summed E-state index contributed by atoms with van der Waals surface area (Å²) in [7, 11) is 0. The lowest BCUT2D eigenvalue weighted by Crippen LogP contribution is -2.40. The van der Waals surface area contributed by atoms with Gasteiger partial charge in [-0.3, -0.25) is 4.79 Å². The van der Waals surface area contributed by atoms with Gasteiger partial charge in [0.2, 0.25) is 5.91 Å². The first-order valence-electron chi connectivity index (χ1n) is 10.6. The van der Waals surface area contributed by atoms with Crippen molar-refractivity contribution in [1.82, 2.24) is 15.5 Å². The van der Waals surface area contributed by atoms with Gasteiger partial charge in [0.15, 0.2) is 5.96 Å². The van der Waals surface area contributed by atoms with Gasteiger partial charge in [0.25, 0.3) is 0 Å². The number of likely N-dealkylation sites (tertiary alicyclic amines) is 1. The zero-order chi connectivity index (χ0) is 21.3. The van der Waals surface area contributed by atoms with E-state index in [-0.39, 0.29) is 18.4 Å². The Balaban J connectivity index is 1.69. The summed E-state index contributed by atoms with van der Waals surface area (Å²) in [5.74, 6) is 1.88. The van der Waals surface area contributed by atoms with Crippen molar-refractivity contribution in [3.05, 3.63) is 23.7 Å². The second-order valence-electron chi connectivity index (χ2n) is 8.03. The number of primary amides is 1. The van der Waals surface area contributed by atoms with Gasteiger partial charge in [0.1, 0.15) is 17.1 Å². The normalized spacial score (nSPS) is 18.4. The predicted molar refractivity (Wildman–Crippen MR) is 115 cm³/mol. The summed E-state index contributed by atoms with van der Waals surface area (Å²) in [5, 5.41) is 17.2. The quantitative estimate of drug-likeness (QED) is 0.264. The van der Waals surface area contributed by atoms with E-state index in [2.05, 4.69) is 20.5 Å². The number of unbranched alkanes of at least 4 members (excludes halogenated alkanes) is 1. The van der Waals surface area contributed by atoms with Crippen molar-refractivity contribution in [2.75, 3.05) is 39.3 Å². The van der Waals surface area contributed by atoms with Crippen molar-refractivity contribution in [3.63, 3.8) is 0 Å². The third kappa shape index (κ3) is 7.70. The zero-order valence-electron chi connectivity index (χ0n) is 18.0. The van der Waals surface area contributed by atoms with Crippen LogP contribution in [0.25, 0.3) is 0 Å². The number of amides is 1. The van der Waals surface area contributed by atoms with Crippen molar-refractivity contribution in [2.24, 2.45) is 16.6 Å². The SMILES string of the molecule is CCNC(=NCC(C)(O)c1ccc(C)o1)NCCCCN1CCC(C(N)=O)CC1. The van der Waals surface area contributed by atoms with Crippen LogP contribution >= 0.6 is 0 Å². The lowest BCUT2D eigenvalue weighted by atomic mass is 9.96. The molecule has 0 radical (unpaired) electrons. The van der Waals surface area contributed by atoms with E-state index in [0.717, 1.165) is 64.2 Å². The lowest BCUT2D eigenvalue weighted by Gasteiger charge is -2.30. The van der Waals surface area contributed by atoms with E-state index in [1.165, 1.54) is 0 Å². The second-order valence-corrected chi connectivity index (χ2v) is 8.03. The molecule has 2 rings (SSSR count). The van der Waals surface area contributed by atoms with Gasteiger partial charge in [0, 0.05) is 19.0 Å². The largest absolute Gasteiger partial charge is 0.463 e. The Kier molecular flexibility index (Phi) is 8.98. The zero-order valence-corrected chi connectivity index (χ0v) is 18.0. The number of nitrogens with zero attached hydrogens (tertiary/aromatic N) is 2. The molecule has 1 unspecified atom stereocenters. The highest BCUT2D eigenvalue weighted by atomic mass is 16.4. The minimum atomic E-state index is -1.15. The van der Waals surface area contributed by atoms with Crippen LogP contribution in [0.3, 0.4) is 0 Å². The monoisotopic (exact) mass is 407 g/mol. The molecule has 1 aromatic rings. The first kappa shape index (κ1) is 23.2. The number of carbonyl (C=O) groups excluding carboxylic acids is 1. The van der Waals surface area contributed by atoms with Gasteiger partial charge in [0.05, 0.1) is 6.54 Å². The van der Waals surface area contributed by atoms with Gasteiger partial charge < -0.3 is 30.8 Å². The summed E-state index contributed by atoms with van der Waals surface area (Å²) in [6.07, 6.45) is 3.85. The fourth-order valence-electron chi connectivity index (χ4n) is 3.48. The molecule has 0 bridgehead atoms. The van der Waals surface area contributed by atoms with Crippen molar-refractivity contribution in [2.45, 2.75) is 52.1 Å². The van der Waals surface area contributed by atoms with Crippen molar-refractivity contribution in [3.8, 4) is 0 Å². The molecular weight excluding hydrogens is 370 g/mol. The Labute approximate surface area is 173 Å². The molecule has 1 aliphatic rings. The first-order valence-corrected chi connectivity index (χ1v) is 10.6. The van der Waals surface area contributed by atoms with E-state index in [0.29, 0.717) is 11.7 Å². The Morgan fingerprint density at radius 3 is 2.66 bits per heavy atom. The van der Waals surface area contributed by atoms with Crippen molar-refractivity contribution in [1.29, 1.82) is 0 Å². The minimum Gasteiger partial charge on any atom is -0.463 e. The summed E-state index contributed by atoms with van der Waals surface area (Å²) in [5.41, 5.74) is 4.24. The molecule has 29 heavy (non-hydrogen) atoms. The maximum absolute atomic E-state index is 11.2. The van der Waals surface area contributed by atoms with Crippen molar-refractivity contribution < 1.29 is 14.3 Å². The number of nitrogens with two attached hydrogens (primary N) is 1. The Morgan fingerprint density at radius 2 is 2.07 bits per heavy atom. The molecule has 8 nitrogen and oxygen atoms in total. The van der Waals surface area contributed by atoms with Crippen LogP contribution in [0, 0.1) is 12.8 Å². The molecule has 0 spiro atoms. The van der Waals surface area contributed by atoms with E-state index >= 15 is 0 Å². The fraction of sp³-hybridized carbons (Fsp3) is 0.714. The topological polar surface area (TPSA) is 116 Å². The van der Waals surface area contributed by atoms with Gasteiger partial charge >= 0.3 is 0 Å². The Morgan fingerprint density at radius 1 is 1.34 bits per heavy atom. The maximum Gasteiger partial charge on any atom is 0.220 e. The maximum atomic E-state index is 11.2. The molecule has 0 aliphatic carbocycles. The lowest BCUT2D eigenvalue weighted by molar-refractivity contribution is -0.123. The van der Waals surface area contributed by atoms with Crippen LogP contribution in [-0.2, 0) is 10.4 Å². The Hall–Kier alpha value is -2.06. The van der Waals surface area contributed by atoms with Gasteiger partial charge in [-0.2, -0.15) is 0 Å². The average Bonchev–Trinajstić information content (AvgIpc) is 3.13. The van der Waals surface area contributed by atoms with Crippen LogP contribution in [0.15, 0.2) is 21.5 Å². The molecule has 0 saturated carbocycles. The fourth-order valence-corrected chi connectivity index (χ4v) is 3.48. The smallest absolute Gasteiger partial charge is 0.220 e. The molecule has 1 aliphatic heterocycles. The van der Waals surface area contributed by atoms with Crippen LogP contribution in [0.1, 0.15) is 51.1 Å². The highest BCUT2D eigenvalue weighted by molar-refractivity contribution is 5.79. The predicted octanol–water partition coefficient (Wildman–Crippen LogP) is 1.33. The average molecular weight is 408 g/mol. The number of aryl methyl sites for hydroxylation is 1. The number of guanidine groups is 1. The summed E-state index contributed by atoms with van der Waals surface area (Å²) in [6, 6.07) is 3.63. The molecule has 1 atom stereocenters. The van der Waals surface area contributed by atoms with Crippen LogP contribution in [0.2, 0.25) is 0 Å². The van der Waals surface area contributed by atoms with Gasteiger partial charge in [-0.15, -0.1) is 0 Å². The number of piperidine rings is 1. The summed E-state index contributed by atoms with van der Waals surface area (Å²) in [4.78, 5) is 18.1. The first-order chi connectivity index (χ1) is 13.8. The molecule has 1 saturated heterocycles. The van der Waals surface area contributed by atoms with Gasteiger partial charge in [-0.25, -0.2) is 4.99 Å². The molecular formula is C21H37N5O3. The molecule has 1 aromatic heterocycles. The second kappa shape index (κ2) is 11.2. The van der Waals surface area contributed by atoms with Crippen molar-refractivity contribution >= 4 is 11.9 Å². The number of carbonyl (C=O) groups is 1. The summed E-state index contributed by atoms with van der Waals surface area (Å²) in [6.45, 7) is 10.3. The number of aliphatic hydroxyl groups is 1. The minimum absolute atomic E-state index is 0.0501. The number of aliphatic imine (C=N–C) groups is 1. The van der Waals surface area contributed by atoms with Crippen LogP contribution in [0.5, 0.6) is 0 Å². The third-order valence-corrected chi connectivity index (χ3v) is 5.34. The van der Waals surface area contributed by atoms with Gasteiger partial charge in [-0.05, 0) is 78.2 Å². The molecule has 1 fully saturated rings. The number of hydrogen-bond acceptors (Lipinski definition) is 5. The summed E-state index contributed by atoms with van der Waals surface area (Å²) >= 11 is 0. The third-order valence-electron chi connectivity index (χ3n) is 5.34. The molecule has 0 aromatic carbocycles. The van der Waals surface area contributed by atoms with Crippen LogP contribution in [-0.4, -0.2) is 61.1 Å². The summed E-state index contributed by atoms with van der Waals surface area (Å²) < 4.78 is 5.54. The molecule has 2 heterocycles. The number of rotatable bonds is 10. The highest BCUT2D eigenvalue weighted by Crippen LogP contribution is 2.23. The van der Waals surface area contributed by atoms with Crippen LogP contribution < -0.4 is 16.4 Å². The number of furan rings is 1. The molecule has 164 valence electrons. The standard InChI is InChI=1S/C21H37N5O3/c1-4-23-20(25-15-21(3,28)18-8-7-16(2)29-18)24-11-5-6-12-26-13-9-17(10-14-26)19(22)27/h7-8,17,28H,4-6,9-15H2,1-3H3,(H2,22,27)(H2,23,24,25). The van der Waals surface area contributed by atoms with E-state index in [4.69, 9.17) is 10.2 Å². The van der Waals surface area contributed by atoms with Crippen LogP contribution in [0.4, 0.5) is 0 Å². The van der Waals surface area contributed by atoms with E-state index in [1.807, 2.05) is 19.9 Å². The molecule has 8 heteroatoms. The van der Waals surface area contributed by atoms with E-state index in [9.17, 15) is 9.90 Å². The number of hydrogen-bond donors (Lipinski definition) is 4. The van der Waals surface area contributed by atoms with E-state index < -0.39 is 5.60 Å². The number of nitrogens with one attached hydrogen (secondary N) is 2. The highest BCUT2D eigenvalue weighted by Gasteiger charge is 2.26. The van der Waals surface area contributed by atoms with E-state index in [1.54, 1.807) is 13.0 Å². The molecule has 5 N–H and O–H groups in total.